The minimum Gasteiger partial charge on any atom is -0.497 e. The molecule has 0 bridgehead atoms. The van der Waals surface area contributed by atoms with E-state index in [9.17, 15) is 27.2 Å². The van der Waals surface area contributed by atoms with E-state index in [0.29, 0.717) is 39.9 Å². The van der Waals surface area contributed by atoms with E-state index in [4.69, 9.17) is 73.5 Å². The van der Waals surface area contributed by atoms with E-state index < -0.39 is 5.97 Å². The highest BCUT2D eigenvalue weighted by Gasteiger charge is 2.06. The highest BCUT2D eigenvalue weighted by molar-refractivity contribution is 6.30. The maximum atomic E-state index is 12.6. The Morgan fingerprint density at radius 1 is 0.261 bits per heavy atom. The Morgan fingerprint density at radius 2 is 0.591 bits per heavy atom. The van der Waals surface area contributed by atoms with Crippen molar-refractivity contribution in [1.82, 2.24) is 0 Å². The third kappa shape index (κ3) is 44.1. The summed E-state index contributed by atoms with van der Waals surface area (Å²) in [4.78, 5) is 21.4. The van der Waals surface area contributed by atoms with Gasteiger partial charge >= 0.3 is 11.9 Å². The topological polar surface area (TPSA) is 174 Å². The summed E-state index contributed by atoms with van der Waals surface area (Å²) in [5.41, 5.74) is 8.09. The molecule has 0 atom stereocenters. The molecule has 115 heavy (non-hydrogen) atoms. The molecule has 0 amide bonds. The number of carboxylic acid groups (broad SMARTS) is 1. The first-order valence-electron chi connectivity index (χ1n) is 35.2. The van der Waals surface area contributed by atoms with E-state index in [-0.39, 0.29) is 34.8 Å². The number of benzene rings is 12. The van der Waals surface area contributed by atoms with Gasteiger partial charge < -0.3 is 66.7 Å². The Hall–Kier alpha value is -12.8. The van der Waals surface area contributed by atoms with Gasteiger partial charge in [0.05, 0.1) is 104 Å². The molecule has 0 aliphatic rings. The predicted molar refractivity (Wildman–Crippen MR) is 452 cm³/mol. The summed E-state index contributed by atoms with van der Waals surface area (Å²) in [6.07, 6.45) is 0. The van der Waals surface area contributed by atoms with Crippen LogP contribution in [0.2, 0.25) is 5.02 Å². The fraction of sp³-hybridized carbons (Fsp3) is 0.213. The Labute approximate surface area is 681 Å². The number of carbonyl (C=O) groups excluding carboxylic acids is 1. The van der Waals surface area contributed by atoms with Crippen LogP contribution in [0.1, 0.15) is 59.7 Å². The molecule has 12 aromatic rings. The number of carboxylic acids is 1. The van der Waals surface area contributed by atoms with Crippen LogP contribution < -0.4 is 56.8 Å². The molecular weight excluding hydrogens is 1500 g/mol. The van der Waals surface area contributed by atoms with Gasteiger partial charge in [0.2, 0.25) is 0 Å². The molecule has 0 spiro atoms. The van der Waals surface area contributed by atoms with Crippen LogP contribution in [0.15, 0.2) is 279 Å². The maximum Gasteiger partial charge on any atom is 0.337 e. The zero-order chi connectivity index (χ0) is 85.9. The third-order valence-electron chi connectivity index (χ3n) is 15.1. The minimum atomic E-state index is -0.941. The smallest absolute Gasteiger partial charge is 0.337 e. The van der Waals surface area contributed by atoms with Crippen LogP contribution in [0.25, 0.3) is 0 Å². The molecule has 1 N–H and O–H groups in total. The van der Waals surface area contributed by atoms with Gasteiger partial charge in [-0.3, -0.25) is 0 Å². The highest BCUT2D eigenvalue weighted by atomic mass is 35.5. The molecule has 16 nitrogen and oxygen atoms in total. The highest BCUT2D eigenvalue weighted by Crippen LogP contribution is 2.23. The molecule has 21 heteroatoms. The summed E-state index contributed by atoms with van der Waals surface area (Å²) >= 11 is 5.72. The predicted octanol–water partition coefficient (Wildman–Crippen LogP) is 23.2. The number of aromatic carboxylic acids is 1. The van der Waals surface area contributed by atoms with Crippen molar-refractivity contribution in [2.24, 2.45) is 0 Å². The second-order valence-electron chi connectivity index (χ2n) is 23.4. The van der Waals surface area contributed by atoms with E-state index in [1.807, 2.05) is 180 Å². The third-order valence-corrected chi connectivity index (χ3v) is 15.3. The summed E-state index contributed by atoms with van der Waals surface area (Å²) in [5.74, 6) is 7.34. The van der Waals surface area contributed by atoms with Crippen molar-refractivity contribution < 1.29 is 93.8 Å². The van der Waals surface area contributed by atoms with E-state index in [0.717, 1.165) is 56.4 Å². The number of esters is 1. The van der Waals surface area contributed by atoms with Gasteiger partial charge in [-0.1, -0.05) is 108 Å². The first-order valence-corrected chi connectivity index (χ1v) is 35.6. The van der Waals surface area contributed by atoms with E-state index in [2.05, 4.69) is 11.7 Å². The van der Waals surface area contributed by atoms with Gasteiger partial charge in [-0.05, 0) is 270 Å². The summed E-state index contributed by atoms with van der Waals surface area (Å²) in [5, 5.41) is 9.30. The van der Waals surface area contributed by atoms with Crippen LogP contribution in [0, 0.1) is 71.7 Å². The zero-order valence-corrected chi connectivity index (χ0v) is 69.8. The van der Waals surface area contributed by atoms with Crippen LogP contribution in [0.4, 0.5) is 17.6 Å². The average molecular weight is 1600 g/mol. The van der Waals surface area contributed by atoms with Crippen molar-refractivity contribution in [3.8, 4) is 69.0 Å². The first-order chi connectivity index (χ1) is 55.1. The Morgan fingerprint density at radius 3 is 0.948 bits per heavy atom. The molecular formula is C94H107ClF4O16. The lowest BCUT2D eigenvalue weighted by molar-refractivity contribution is 0.0599. The maximum absolute atomic E-state index is 12.6. The molecule has 12 rings (SSSR count). The quantitative estimate of drug-likeness (QED) is 0.0803. The van der Waals surface area contributed by atoms with Gasteiger partial charge in [0.15, 0.2) is 0 Å². The van der Waals surface area contributed by atoms with Crippen molar-refractivity contribution in [1.29, 1.82) is 0 Å². The minimum absolute atomic E-state index is 0.194. The molecule has 0 saturated heterocycles. The summed E-state index contributed by atoms with van der Waals surface area (Å²) in [6, 6.07) is 81.0. The molecule has 0 heterocycles. The molecule has 0 aromatic heterocycles. The molecule has 0 aliphatic carbocycles. The fourth-order valence-corrected chi connectivity index (χ4v) is 8.96. The molecule has 0 unspecified atom stereocenters. The summed E-state index contributed by atoms with van der Waals surface area (Å²) in [6.45, 7) is 13.6. The van der Waals surface area contributed by atoms with Crippen molar-refractivity contribution in [2.75, 3.05) is 92.4 Å². The van der Waals surface area contributed by atoms with Crippen molar-refractivity contribution in [3.05, 3.63) is 357 Å². The van der Waals surface area contributed by atoms with Gasteiger partial charge in [-0.15, -0.1) is 0 Å². The van der Waals surface area contributed by atoms with Gasteiger partial charge in [0, 0.05) is 5.02 Å². The van der Waals surface area contributed by atoms with E-state index >= 15 is 0 Å². The monoisotopic (exact) mass is 1600 g/mol. The molecule has 0 aliphatic heterocycles. The number of hydrogen-bond acceptors (Lipinski definition) is 15. The van der Waals surface area contributed by atoms with Gasteiger partial charge in [0.25, 0.3) is 0 Å². The largest absolute Gasteiger partial charge is 0.497 e. The molecule has 0 radical (unpaired) electrons. The Kier molecular flexibility index (Phi) is 52.2. The van der Waals surface area contributed by atoms with Crippen molar-refractivity contribution >= 4 is 23.5 Å². The van der Waals surface area contributed by atoms with E-state index in [1.165, 1.54) is 91.1 Å². The van der Waals surface area contributed by atoms with Crippen LogP contribution >= 0.6 is 11.6 Å². The molecule has 0 saturated carbocycles. The number of ether oxygens (including phenoxy) is 13. The SMILES string of the molecule is COC(=O)c1cccc(OC)c1.COc1ccc(C)cc1.COc1ccc(Cl)cc1C.COc1ccc(F)c(C)c1.COc1ccc(F)cc1.COc1ccc(F)cc1.COc1ccc(F)cc1C.COc1cccc(C(=O)O)c1.COc1cccc(C)c1.COc1ccccc1.COc1ccccc1C.COc1ccccc1C. The lowest BCUT2D eigenvalue weighted by Crippen LogP contribution is -2.00. The van der Waals surface area contributed by atoms with Crippen molar-refractivity contribution in [2.45, 2.75) is 48.5 Å². The number of carbonyl (C=O) groups is 2. The van der Waals surface area contributed by atoms with Crippen LogP contribution in [-0.2, 0) is 4.74 Å². The number of methoxy groups -OCH3 is 13. The number of halogens is 5. The average Bonchev–Trinajstić information content (AvgIpc) is 0.894. The van der Waals surface area contributed by atoms with Gasteiger partial charge in [0.1, 0.15) is 92.3 Å². The summed E-state index contributed by atoms with van der Waals surface area (Å²) < 4.78 is 113. The number of para-hydroxylation sites is 3. The molecule has 614 valence electrons. The van der Waals surface area contributed by atoms with Crippen LogP contribution in [0.5, 0.6) is 69.0 Å². The number of hydrogen-bond donors (Lipinski definition) is 1. The Bertz CT molecular complexity index is 4410. The molecule has 0 fully saturated rings. The first kappa shape index (κ1) is 100. The lowest BCUT2D eigenvalue weighted by atomic mass is 10.2. The van der Waals surface area contributed by atoms with Gasteiger partial charge in [-0.25, -0.2) is 27.2 Å². The molecule has 12 aromatic carbocycles. The standard InChI is InChI=1S/C9H10O3.C8H9ClO.2C8H9FO.C8H8O3.4C8H10O.2C7H7FO.C7H8O/c1-11-8-5-3-4-7(6-8)9(10)12-2;1-6-5-7(9)3-4-8(6)10-2;1-6-5-7(10-2)3-4-8(6)9;1-6-5-7(9)3-4-8(6)10-2;1-11-7-4-2-3-6(5-7)8(9)10;1-7-3-5-8(9-2)6-4-7;1-7-4-3-5-8(6-7)9-2;2*1-7-5-3-4-6-8(7)9-2;2*1-9-7-4-2-6(8)3-5-7;1-8-7-5-3-2-4-6-7/h3-6H,1-2H3;3*3-5H,1-2H3;2-5H,1H3,(H,9,10);4*3-6H,1-2H3;2*2-5H,1H3;2-6H,1H3. The Balaban J connectivity index is 0.000000628. The lowest BCUT2D eigenvalue weighted by Gasteiger charge is -2.02. The van der Waals surface area contributed by atoms with Gasteiger partial charge in [-0.2, -0.15) is 0 Å². The van der Waals surface area contributed by atoms with E-state index in [1.54, 1.807) is 164 Å². The van der Waals surface area contributed by atoms with Crippen LogP contribution in [-0.4, -0.2) is 109 Å². The number of aryl methyl sites for hydroxylation is 7. The summed E-state index contributed by atoms with van der Waals surface area (Å²) in [7, 11) is 20.7. The van der Waals surface area contributed by atoms with Crippen molar-refractivity contribution in [3.63, 3.8) is 0 Å². The van der Waals surface area contributed by atoms with Crippen LogP contribution in [0.3, 0.4) is 0 Å². The fourth-order valence-electron chi connectivity index (χ4n) is 8.74. The number of rotatable bonds is 14. The zero-order valence-electron chi connectivity index (χ0n) is 69.0. The second-order valence-corrected chi connectivity index (χ2v) is 23.9. The second kappa shape index (κ2) is 59.9. The normalized spacial score (nSPS) is 9.19.